The van der Waals surface area contributed by atoms with Crippen LogP contribution in [0.1, 0.15) is 36.7 Å². The van der Waals surface area contributed by atoms with Crippen LogP contribution in [-0.4, -0.2) is 31.5 Å². The summed E-state index contributed by atoms with van der Waals surface area (Å²) in [5, 5.41) is 0.388. The van der Waals surface area contributed by atoms with Gasteiger partial charge in [-0.05, 0) is 49.2 Å². The highest BCUT2D eigenvalue weighted by molar-refractivity contribution is 7.87. The molecule has 0 fully saturated rings. The first-order valence-electron chi connectivity index (χ1n) is 8.86. The van der Waals surface area contributed by atoms with E-state index in [2.05, 4.69) is 0 Å². The number of hydrogen-bond acceptors (Lipinski definition) is 4. The topological polar surface area (TPSA) is 63.7 Å². The fourth-order valence-corrected chi connectivity index (χ4v) is 3.37. The van der Waals surface area contributed by atoms with Crippen molar-refractivity contribution in [1.29, 1.82) is 0 Å². The van der Waals surface area contributed by atoms with Crippen molar-refractivity contribution < 1.29 is 21.8 Å². The van der Waals surface area contributed by atoms with Crippen LogP contribution in [0.25, 0.3) is 0 Å². The molecule has 2 aromatic rings. The Bertz CT molecular complexity index is 947. The molecule has 0 radical (unpaired) electrons. The highest BCUT2D eigenvalue weighted by Gasteiger charge is 2.21. The van der Waals surface area contributed by atoms with Gasteiger partial charge in [-0.3, -0.25) is 4.79 Å². The van der Waals surface area contributed by atoms with Crippen molar-refractivity contribution in [2.75, 3.05) is 12.3 Å². The third-order valence-electron chi connectivity index (χ3n) is 3.90. The van der Waals surface area contributed by atoms with Crippen molar-refractivity contribution in [3.8, 4) is 5.75 Å². The van der Waals surface area contributed by atoms with Crippen LogP contribution >= 0.6 is 11.6 Å². The van der Waals surface area contributed by atoms with Gasteiger partial charge in [-0.15, -0.1) is 0 Å². The number of carbonyl (C=O) groups excluding carboxylic acids is 1. The Hall–Kier alpha value is -2.12. The maximum atomic E-state index is 13.5. The van der Waals surface area contributed by atoms with E-state index < -0.39 is 15.9 Å². The molecule has 0 aliphatic rings. The minimum Gasteiger partial charge on any atom is -0.382 e. The van der Waals surface area contributed by atoms with Crippen LogP contribution in [0.4, 0.5) is 4.39 Å². The Labute approximate surface area is 170 Å². The van der Waals surface area contributed by atoms with Gasteiger partial charge in [0.05, 0.1) is 5.75 Å². The van der Waals surface area contributed by atoms with Gasteiger partial charge in [0.1, 0.15) is 11.6 Å². The molecular formula is C20H23ClFNO4S. The Balaban J connectivity index is 2.39. The second-order valence-electron chi connectivity index (χ2n) is 6.77. The van der Waals surface area contributed by atoms with Crippen LogP contribution in [-0.2, 0) is 16.7 Å². The number of hydrogen-bond donors (Lipinski definition) is 0. The molecule has 2 rings (SSSR count). The molecule has 0 atom stereocenters. The maximum Gasteiger partial charge on any atom is 0.308 e. The molecule has 0 aromatic heterocycles. The number of rotatable bonds is 8. The van der Waals surface area contributed by atoms with Gasteiger partial charge in [0.15, 0.2) is 0 Å². The number of amides is 1. The summed E-state index contributed by atoms with van der Waals surface area (Å²) in [4.78, 5) is 14.5. The average Bonchev–Trinajstić information content (AvgIpc) is 2.62. The van der Waals surface area contributed by atoms with Crippen LogP contribution < -0.4 is 4.18 Å². The minimum atomic E-state index is -3.74. The van der Waals surface area contributed by atoms with Crippen LogP contribution in [0.3, 0.4) is 0 Å². The largest absolute Gasteiger partial charge is 0.382 e. The first-order valence-corrected chi connectivity index (χ1v) is 10.8. The van der Waals surface area contributed by atoms with Gasteiger partial charge in [-0.1, -0.05) is 31.5 Å². The van der Waals surface area contributed by atoms with Gasteiger partial charge in [0.25, 0.3) is 5.91 Å². The summed E-state index contributed by atoms with van der Waals surface area (Å²) in [7, 11) is -3.74. The van der Waals surface area contributed by atoms with E-state index in [1.165, 1.54) is 48.2 Å². The van der Waals surface area contributed by atoms with E-state index >= 15 is 0 Å². The van der Waals surface area contributed by atoms with Crippen LogP contribution in [0.2, 0.25) is 5.02 Å². The molecule has 0 bridgehead atoms. The lowest BCUT2D eigenvalue weighted by molar-refractivity contribution is 0.0721. The summed E-state index contributed by atoms with van der Waals surface area (Å²) in [5.41, 5.74) is 0.668. The van der Waals surface area contributed by atoms with Gasteiger partial charge in [0.2, 0.25) is 0 Å². The SMILES string of the molecule is CCS(=O)(=O)Oc1ccc(Cl)cc1CN(CC(C)C)C(=O)c1cccc(F)c1. The molecule has 0 N–H and O–H groups in total. The van der Waals surface area contributed by atoms with Gasteiger partial charge in [0, 0.05) is 29.2 Å². The van der Waals surface area contributed by atoms with Gasteiger partial charge in [-0.25, -0.2) is 4.39 Å². The summed E-state index contributed by atoms with van der Waals surface area (Å²) in [6.45, 7) is 5.83. The van der Waals surface area contributed by atoms with E-state index in [0.717, 1.165) is 0 Å². The van der Waals surface area contributed by atoms with Crippen LogP contribution in [0.5, 0.6) is 5.75 Å². The quantitative estimate of drug-likeness (QED) is 0.581. The lowest BCUT2D eigenvalue weighted by atomic mass is 10.1. The minimum absolute atomic E-state index is 0.0721. The molecular weight excluding hydrogens is 405 g/mol. The molecule has 2 aromatic carbocycles. The van der Waals surface area contributed by atoms with Crippen molar-refractivity contribution >= 4 is 27.6 Å². The van der Waals surface area contributed by atoms with E-state index in [0.29, 0.717) is 17.1 Å². The lowest BCUT2D eigenvalue weighted by Gasteiger charge is -2.26. The monoisotopic (exact) mass is 427 g/mol. The molecule has 1 amide bonds. The zero-order valence-electron chi connectivity index (χ0n) is 16.0. The molecule has 28 heavy (non-hydrogen) atoms. The first kappa shape index (κ1) is 22.2. The summed E-state index contributed by atoms with van der Waals surface area (Å²) in [5.74, 6) is -0.798. The molecule has 152 valence electrons. The summed E-state index contributed by atoms with van der Waals surface area (Å²) in [6.07, 6.45) is 0. The van der Waals surface area contributed by atoms with Crippen molar-refractivity contribution in [3.63, 3.8) is 0 Å². The molecule has 0 unspecified atom stereocenters. The van der Waals surface area contributed by atoms with Gasteiger partial charge >= 0.3 is 10.1 Å². The van der Waals surface area contributed by atoms with Crippen molar-refractivity contribution in [3.05, 3.63) is 64.4 Å². The molecule has 0 aliphatic carbocycles. The molecule has 8 heteroatoms. The Morgan fingerprint density at radius 1 is 1.21 bits per heavy atom. The van der Waals surface area contributed by atoms with Crippen molar-refractivity contribution in [2.24, 2.45) is 5.92 Å². The maximum absolute atomic E-state index is 13.5. The fourth-order valence-electron chi connectivity index (χ4n) is 2.62. The number of halogens is 2. The zero-order valence-corrected chi connectivity index (χ0v) is 17.6. The first-order chi connectivity index (χ1) is 13.1. The van der Waals surface area contributed by atoms with Crippen molar-refractivity contribution in [1.82, 2.24) is 4.90 Å². The predicted octanol–water partition coefficient (Wildman–Crippen LogP) is 4.51. The molecule has 5 nitrogen and oxygen atoms in total. The Kier molecular flexibility index (Phi) is 7.43. The molecule has 0 aliphatic heterocycles. The summed E-state index contributed by atoms with van der Waals surface area (Å²) < 4.78 is 42.5. The molecule has 0 heterocycles. The van der Waals surface area contributed by atoms with E-state index in [1.54, 1.807) is 6.07 Å². The van der Waals surface area contributed by atoms with Crippen LogP contribution in [0, 0.1) is 11.7 Å². The normalized spacial score (nSPS) is 11.5. The second-order valence-corrected chi connectivity index (χ2v) is 9.07. The highest BCUT2D eigenvalue weighted by atomic mass is 35.5. The van der Waals surface area contributed by atoms with E-state index in [4.69, 9.17) is 15.8 Å². The molecule has 0 spiro atoms. The molecule has 0 saturated heterocycles. The van der Waals surface area contributed by atoms with Crippen LogP contribution in [0.15, 0.2) is 42.5 Å². The second kappa shape index (κ2) is 9.39. The standard InChI is InChI=1S/C20H23ClFNO4S/c1-4-28(25,26)27-19-9-8-17(21)10-16(19)13-23(12-14(2)3)20(24)15-6-5-7-18(22)11-15/h5-11,14H,4,12-13H2,1-3H3. The number of carbonyl (C=O) groups is 1. The predicted molar refractivity (Wildman–Crippen MR) is 108 cm³/mol. The Morgan fingerprint density at radius 3 is 2.54 bits per heavy atom. The summed E-state index contributed by atoms with van der Waals surface area (Å²) >= 11 is 6.07. The average molecular weight is 428 g/mol. The van der Waals surface area contributed by atoms with E-state index in [-0.39, 0.29) is 35.4 Å². The lowest BCUT2D eigenvalue weighted by Crippen LogP contribution is -2.34. The smallest absolute Gasteiger partial charge is 0.308 e. The van der Waals surface area contributed by atoms with Crippen molar-refractivity contribution in [2.45, 2.75) is 27.3 Å². The van der Waals surface area contributed by atoms with Gasteiger partial charge in [-0.2, -0.15) is 8.42 Å². The van der Waals surface area contributed by atoms with E-state index in [1.807, 2.05) is 13.8 Å². The number of nitrogens with zero attached hydrogens (tertiary/aromatic N) is 1. The van der Waals surface area contributed by atoms with E-state index in [9.17, 15) is 17.6 Å². The third kappa shape index (κ3) is 6.21. The van der Waals surface area contributed by atoms with Gasteiger partial charge < -0.3 is 9.08 Å². The number of benzene rings is 2. The summed E-state index contributed by atoms with van der Waals surface area (Å²) in [6, 6.07) is 9.99. The third-order valence-corrected chi connectivity index (χ3v) is 5.27. The zero-order chi connectivity index (χ0) is 20.9. The Morgan fingerprint density at radius 2 is 1.93 bits per heavy atom. The molecule has 0 saturated carbocycles. The fraction of sp³-hybridized carbons (Fsp3) is 0.350. The highest BCUT2D eigenvalue weighted by Crippen LogP contribution is 2.27.